The summed E-state index contributed by atoms with van der Waals surface area (Å²) in [5, 5.41) is 3.53. The van der Waals surface area contributed by atoms with Gasteiger partial charge in [-0.2, -0.15) is 0 Å². The van der Waals surface area contributed by atoms with Crippen LogP contribution < -0.4 is 5.32 Å². The summed E-state index contributed by atoms with van der Waals surface area (Å²) in [6.07, 6.45) is 1.53. The minimum Gasteiger partial charge on any atom is -0.379 e. The zero-order chi connectivity index (χ0) is 12.1. The van der Waals surface area contributed by atoms with E-state index in [2.05, 4.69) is 24.1 Å². The van der Waals surface area contributed by atoms with Gasteiger partial charge in [0.25, 0.3) is 0 Å². The van der Waals surface area contributed by atoms with Crippen molar-refractivity contribution in [1.29, 1.82) is 0 Å². The van der Waals surface area contributed by atoms with Crippen LogP contribution >= 0.6 is 0 Å². The first kappa shape index (κ1) is 13.3. The third kappa shape index (κ3) is 3.91. The zero-order valence-corrected chi connectivity index (χ0v) is 11.2. The molecule has 0 saturated carbocycles. The third-order valence-electron chi connectivity index (χ3n) is 3.69. The van der Waals surface area contributed by atoms with Gasteiger partial charge < -0.3 is 19.7 Å². The van der Waals surface area contributed by atoms with Crippen LogP contribution in [0.5, 0.6) is 0 Å². The van der Waals surface area contributed by atoms with Crippen molar-refractivity contribution in [3.63, 3.8) is 0 Å². The summed E-state index contributed by atoms with van der Waals surface area (Å²) < 4.78 is 11.3. The van der Waals surface area contributed by atoms with Gasteiger partial charge in [-0.15, -0.1) is 0 Å². The molecule has 3 unspecified atom stereocenters. The number of likely N-dealkylation sites (N-methyl/N-ethyl adjacent to an activating group) is 1. The minimum atomic E-state index is 0.373. The van der Waals surface area contributed by atoms with Crippen molar-refractivity contribution < 1.29 is 9.47 Å². The maximum Gasteiger partial charge on any atom is 0.0673 e. The van der Waals surface area contributed by atoms with E-state index in [9.17, 15) is 0 Å². The maximum absolute atomic E-state index is 5.68. The largest absolute Gasteiger partial charge is 0.379 e. The summed E-state index contributed by atoms with van der Waals surface area (Å²) in [4.78, 5) is 2.54. The molecule has 0 aromatic rings. The Labute approximate surface area is 105 Å². The van der Waals surface area contributed by atoms with Gasteiger partial charge in [0.1, 0.15) is 0 Å². The molecule has 100 valence electrons. The number of hydrogen-bond donors (Lipinski definition) is 1. The molecule has 17 heavy (non-hydrogen) atoms. The Bertz CT molecular complexity index is 225. The van der Waals surface area contributed by atoms with E-state index in [0.29, 0.717) is 18.1 Å². The highest BCUT2D eigenvalue weighted by molar-refractivity contribution is 4.84. The molecule has 0 radical (unpaired) electrons. The third-order valence-corrected chi connectivity index (χ3v) is 3.69. The van der Waals surface area contributed by atoms with Gasteiger partial charge in [0, 0.05) is 38.2 Å². The van der Waals surface area contributed by atoms with E-state index in [4.69, 9.17) is 9.47 Å². The van der Waals surface area contributed by atoms with Gasteiger partial charge in [-0.25, -0.2) is 0 Å². The fourth-order valence-electron chi connectivity index (χ4n) is 2.84. The first-order chi connectivity index (χ1) is 8.29. The van der Waals surface area contributed by atoms with Crippen molar-refractivity contribution in [2.24, 2.45) is 5.92 Å². The van der Waals surface area contributed by atoms with E-state index in [-0.39, 0.29) is 0 Å². The van der Waals surface area contributed by atoms with Crippen molar-refractivity contribution in [2.45, 2.75) is 32.4 Å². The molecule has 0 spiro atoms. The Morgan fingerprint density at radius 3 is 3.06 bits per heavy atom. The Hall–Kier alpha value is -0.160. The predicted octanol–water partition coefficient (Wildman–Crippen LogP) is 0.722. The fraction of sp³-hybridized carbons (Fsp3) is 1.00. The molecule has 3 atom stereocenters. The van der Waals surface area contributed by atoms with E-state index in [1.54, 1.807) is 0 Å². The van der Waals surface area contributed by atoms with E-state index in [1.807, 2.05) is 0 Å². The zero-order valence-electron chi connectivity index (χ0n) is 11.2. The van der Waals surface area contributed by atoms with Crippen LogP contribution in [0.4, 0.5) is 0 Å². The van der Waals surface area contributed by atoms with Crippen LogP contribution in [0.25, 0.3) is 0 Å². The number of ether oxygens (including phenoxy) is 2. The molecule has 4 nitrogen and oxygen atoms in total. The fourth-order valence-corrected chi connectivity index (χ4v) is 2.84. The first-order valence-corrected chi connectivity index (χ1v) is 6.94. The Kier molecular flexibility index (Phi) is 5.22. The molecule has 2 rings (SSSR count). The molecule has 1 N–H and O–H groups in total. The summed E-state index contributed by atoms with van der Waals surface area (Å²) in [6, 6.07) is 0.541. The maximum atomic E-state index is 5.68. The molecule has 0 amide bonds. The van der Waals surface area contributed by atoms with Gasteiger partial charge in [0.15, 0.2) is 0 Å². The second-order valence-electron chi connectivity index (χ2n) is 5.26. The number of hydrogen-bond acceptors (Lipinski definition) is 4. The smallest absolute Gasteiger partial charge is 0.0673 e. The lowest BCUT2D eigenvalue weighted by molar-refractivity contribution is 0.0645. The van der Waals surface area contributed by atoms with Crippen LogP contribution in [-0.4, -0.2) is 63.0 Å². The molecule has 2 aliphatic heterocycles. The second kappa shape index (κ2) is 6.69. The van der Waals surface area contributed by atoms with E-state index in [0.717, 1.165) is 45.9 Å². The summed E-state index contributed by atoms with van der Waals surface area (Å²) in [5.74, 6) is 0.639. The van der Waals surface area contributed by atoms with Crippen LogP contribution in [-0.2, 0) is 9.47 Å². The quantitative estimate of drug-likeness (QED) is 0.788. The van der Waals surface area contributed by atoms with Crippen molar-refractivity contribution in [3.05, 3.63) is 0 Å². The highest BCUT2D eigenvalue weighted by Crippen LogP contribution is 2.17. The molecule has 0 bridgehead atoms. The molecule has 0 aromatic heterocycles. The van der Waals surface area contributed by atoms with Crippen LogP contribution in [0, 0.1) is 5.92 Å². The van der Waals surface area contributed by atoms with Gasteiger partial charge in [0.2, 0.25) is 0 Å². The molecule has 4 heteroatoms. The number of nitrogens with zero attached hydrogens (tertiary/aromatic N) is 1. The van der Waals surface area contributed by atoms with Crippen LogP contribution in [0.3, 0.4) is 0 Å². The van der Waals surface area contributed by atoms with Crippen LogP contribution in [0.2, 0.25) is 0 Å². The topological polar surface area (TPSA) is 33.7 Å². The Morgan fingerprint density at radius 2 is 2.24 bits per heavy atom. The highest BCUT2D eigenvalue weighted by Gasteiger charge is 2.29. The standard InChI is InChI=1S/C13H26N2O2/c1-3-14-13-10-16-9-12(13)8-15-5-4-6-17-11(2)7-15/h11-14H,3-10H2,1-2H3. The summed E-state index contributed by atoms with van der Waals surface area (Å²) in [6.45, 7) is 11.4. The van der Waals surface area contributed by atoms with Gasteiger partial charge in [-0.3, -0.25) is 0 Å². The van der Waals surface area contributed by atoms with Crippen molar-refractivity contribution in [3.8, 4) is 0 Å². The average molecular weight is 242 g/mol. The lowest BCUT2D eigenvalue weighted by atomic mass is 10.0. The predicted molar refractivity (Wildman–Crippen MR) is 68.2 cm³/mol. The SMILES string of the molecule is CCNC1COCC1CN1CCCOC(C)C1. The Morgan fingerprint density at radius 1 is 1.35 bits per heavy atom. The lowest BCUT2D eigenvalue weighted by Crippen LogP contribution is -2.43. The lowest BCUT2D eigenvalue weighted by Gasteiger charge is -2.27. The molecule has 0 aliphatic carbocycles. The van der Waals surface area contributed by atoms with Gasteiger partial charge >= 0.3 is 0 Å². The first-order valence-electron chi connectivity index (χ1n) is 6.94. The van der Waals surface area contributed by atoms with Gasteiger partial charge in [-0.1, -0.05) is 6.92 Å². The normalized spacial score (nSPS) is 36.0. The molecule has 2 saturated heterocycles. The molecule has 0 aromatic carbocycles. The van der Waals surface area contributed by atoms with Crippen LogP contribution in [0.15, 0.2) is 0 Å². The summed E-state index contributed by atoms with van der Waals surface area (Å²) in [5.41, 5.74) is 0. The summed E-state index contributed by atoms with van der Waals surface area (Å²) >= 11 is 0. The molecule has 2 fully saturated rings. The molecule has 2 aliphatic rings. The van der Waals surface area contributed by atoms with Gasteiger partial charge in [-0.05, 0) is 19.9 Å². The summed E-state index contributed by atoms with van der Waals surface area (Å²) in [7, 11) is 0. The minimum absolute atomic E-state index is 0.373. The highest BCUT2D eigenvalue weighted by atomic mass is 16.5. The van der Waals surface area contributed by atoms with Gasteiger partial charge in [0.05, 0.1) is 19.3 Å². The molecular weight excluding hydrogens is 216 g/mol. The average Bonchev–Trinajstić information content (AvgIpc) is 2.61. The second-order valence-corrected chi connectivity index (χ2v) is 5.26. The molecular formula is C13H26N2O2. The van der Waals surface area contributed by atoms with E-state index in [1.165, 1.54) is 6.54 Å². The molecule has 2 heterocycles. The monoisotopic (exact) mass is 242 g/mol. The van der Waals surface area contributed by atoms with Crippen molar-refractivity contribution in [1.82, 2.24) is 10.2 Å². The van der Waals surface area contributed by atoms with E-state index < -0.39 is 0 Å². The van der Waals surface area contributed by atoms with Crippen LogP contribution in [0.1, 0.15) is 20.3 Å². The number of rotatable bonds is 4. The van der Waals surface area contributed by atoms with Crippen molar-refractivity contribution >= 4 is 0 Å². The van der Waals surface area contributed by atoms with E-state index >= 15 is 0 Å². The number of nitrogens with one attached hydrogen (secondary N) is 1. The Balaban J connectivity index is 1.81. The van der Waals surface area contributed by atoms with Crippen molar-refractivity contribution in [2.75, 3.05) is 46.0 Å².